The van der Waals surface area contributed by atoms with Gasteiger partial charge in [0.05, 0.1) is 5.71 Å². The molecule has 0 N–H and O–H groups in total. The fourth-order valence-corrected chi connectivity index (χ4v) is 2.92. The highest BCUT2D eigenvalue weighted by Crippen LogP contribution is 2.31. The number of halogens is 1. The van der Waals surface area contributed by atoms with Crippen molar-refractivity contribution in [2.75, 3.05) is 7.05 Å². The molecule has 0 fully saturated rings. The molecule has 0 spiro atoms. The van der Waals surface area contributed by atoms with E-state index in [0.717, 1.165) is 47.2 Å². The molecule has 0 atom stereocenters. The summed E-state index contributed by atoms with van der Waals surface area (Å²) in [4.78, 5) is 4.32. The Morgan fingerprint density at radius 2 is 2.04 bits per heavy atom. The second-order valence-electron chi connectivity index (χ2n) is 6.01. The minimum absolute atomic E-state index is 0.188. The molecule has 1 aromatic rings. The van der Waals surface area contributed by atoms with Gasteiger partial charge in [-0.2, -0.15) is 0 Å². The van der Waals surface area contributed by atoms with Crippen molar-refractivity contribution in [1.82, 2.24) is 0 Å². The Kier molecular flexibility index (Phi) is 6.48. The summed E-state index contributed by atoms with van der Waals surface area (Å²) < 4.78 is 13.5. The van der Waals surface area contributed by atoms with Crippen molar-refractivity contribution in [3.63, 3.8) is 0 Å². The third-order valence-corrected chi connectivity index (χ3v) is 4.28. The van der Waals surface area contributed by atoms with E-state index in [2.05, 4.69) is 42.3 Å². The van der Waals surface area contributed by atoms with Gasteiger partial charge in [-0.3, -0.25) is 4.99 Å². The quantitative estimate of drug-likeness (QED) is 0.570. The zero-order valence-electron chi connectivity index (χ0n) is 15.1. The molecule has 2 heteroatoms. The number of hydrogen-bond donors (Lipinski definition) is 0. The fraction of sp³-hybridized carbons (Fsp3) is 0.318. The minimum atomic E-state index is -0.188. The number of aliphatic imine (C=N–C) groups is 1. The van der Waals surface area contributed by atoms with E-state index in [-0.39, 0.29) is 5.82 Å². The highest BCUT2D eigenvalue weighted by molar-refractivity contribution is 6.13. The lowest BCUT2D eigenvalue weighted by Crippen LogP contribution is -2.04. The van der Waals surface area contributed by atoms with E-state index in [9.17, 15) is 4.39 Å². The lowest BCUT2D eigenvalue weighted by molar-refractivity contribution is 0.626. The van der Waals surface area contributed by atoms with E-state index < -0.39 is 0 Å². The summed E-state index contributed by atoms with van der Waals surface area (Å²) in [6.45, 7) is 6.18. The second-order valence-corrected chi connectivity index (χ2v) is 6.01. The molecule has 0 unspecified atom stereocenters. The summed E-state index contributed by atoms with van der Waals surface area (Å²) in [6, 6.07) is 5.03. The van der Waals surface area contributed by atoms with Crippen LogP contribution in [-0.2, 0) is 0 Å². The Balaban J connectivity index is 2.50. The van der Waals surface area contributed by atoms with Crippen LogP contribution in [0, 0.1) is 12.7 Å². The Morgan fingerprint density at radius 3 is 2.67 bits per heavy atom. The van der Waals surface area contributed by atoms with E-state index in [1.165, 1.54) is 5.57 Å². The number of nitrogens with zero attached hydrogens (tertiary/aromatic N) is 1. The minimum Gasteiger partial charge on any atom is -0.288 e. The van der Waals surface area contributed by atoms with Crippen LogP contribution in [0.15, 0.2) is 64.7 Å². The SMILES string of the molecule is C/C=C1C=C(/C(=C/CCCC)c2ccc(F)cc2C)C=CC/1=NC. The van der Waals surface area contributed by atoms with Gasteiger partial charge in [0.2, 0.25) is 0 Å². The monoisotopic (exact) mass is 323 g/mol. The van der Waals surface area contributed by atoms with Gasteiger partial charge >= 0.3 is 0 Å². The molecule has 126 valence electrons. The summed E-state index contributed by atoms with van der Waals surface area (Å²) in [5.74, 6) is -0.188. The largest absolute Gasteiger partial charge is 0.288 e. The molecule has 1 aromatic carbocycles. The van der Waals surface area contributed by atoms with Crippen LogP contribution >= 0.6 is 0 Å². The third kappa shape index (κ3) is 4.19. The van der Waals surface area contributed by atoms with E-state index >= 15 is 0 Å². The number of unbranched alkanes of at least 4 members (excludes halogenated alkanes) is 2. The van der Waals surface area contributed by atoms with Crippen LogP contribution in [0.1, 0.15) is 44.2 Å². The molecule has 0 heterocycles. The van der Waals surface area contributed by atoms with Crippen LogP contribution in [0.2, 0.25) is 0 Å². The van der Waals surface area contributed by atoms with Crippen LogP contribution in [0.25, 0.3) is 5.57 Å². The van der Waals surface area contributed by atoms with Crippen molar-refractivity contribution >= 4 is 11.3 Å². The van der Waals surface area contributed by atoms with Crippen LogP contribution in [0.4, 0.5) is 4.39 Å². The molecule has 24 heavy (non-hydrogen) atoms. The Labute approximate surface area is 145 Å². The average molecular weight is 323 g/mol. The third-order valence-electron chi connectivity index (χ3n) is 4.28. The molecule has 0 saturated heterocycles. The first-order chi connectivity index (χ1) is 11.6. The summed E-state index contributed by atoms with van der Waals surface area (Å²) in [5.41, 5.74) is 6.49. The van der Waals surface area contributed by atoms with Crippen LogP contribution < -0.4 is 0 Å². The highest BCUT2D eigenvalue weighted by atomic mass is 19.1. The Bertz CT molecular complexity index is 745. The van der Waals surface area contributed by atoms with Crippen LogP contribution in [0.3, 0.4) is 0 Å². The molecule has 1 aliphatic carbocycles. The molecule has 1 aliphatic rings. The lowest BCUT2D eigenvalue weighted by atomic mass is 9.88. The summed E-state index contributed by atoms with van der Waals surface area (Å²) >= 11 is 0. The van der Waals surface area contributed by atoms with E-state index in [1.54, 1.807) is 12.1 Å². The second kappa shape index (κ2) is 8.58. The standard InChI is InChI=1S/C22H26FN/c1-5-7-8-9-21(20-12-11-19(23)14-16(20)3)18-10-13-22(24-4)17(6-2)15-18/h6,9-15H,5,7-8H2,1-4H3/b17-6-,21-9-,24-22?. The summed E-state index contributed by atoms with van der Waals surface area (Å²) in [7, 11) is 1.81. The topological polar surface area (TPSA) is 12.4 Å². The number of aryl methyl sites for hydroxylation is 1. The van der Waals surface area contributed by atoms with Crippen molar-refractivity contribution in [3.8, 4) is 0 Å². The number of allylic oxidation sites excluding steroid dienone is 8. The van der Waals surface area contributed by atoms with Crippen molar-refractivity contribution in [1.29, 1.82) is 0 Å². The molecule has 1 nitrogen and oxygen atoms in total. The zero-order valence-corrected chi connectivity index (χ0v) is 15.1. The number of benzene rings is 1. The normalized spacial score (nSPS) is 18.4. The molecule has 0 bridgehead atoms. The maximum absolute atomic E-state index is 13.5. The molecular weight excluding hydrogens is 297 g/mol. The van der Waals surface area contributed by atoms with Gasteiger partial charge in [-0.25, -0.2) is 4.39 Å². The molecular formula is C22H26FN. The van der Waals surface area contributed by atoms with Crippen molar-refractivity contribution in [2.24, 2.45) is 4.99 Å². The maximum Gasteiger partial charge on any atom is 0.123 e. The fourth-order valence-electron chi connectivity index (χ4n) is 2.92. The molecule has 0 amide bonds. The lowest BCUT2D eigenvalue weighted by Gasteiger charge is -2.17. The predicted octanol–water partition coefficient (Wildman–Crippen LogP) is 6.22. The summed E-state index contributed by atoms with van der Waals surface area (Å²) in [6.07, 6.45) is 14.0. The first-order valence-electron chi connectivity index (χ1n) is 8.61. The molecule has 2 rings (SSSR count). The van der Waals surface area contributed by atoms with E-state index in [4.69, 9.17) is 0 Å². The van der Waals surface area contributed by atoms with Gasteiger partial charge in [-0.1, -0.05) is 44.1 Å². The van der Waals surface area contributed by atoms with Gasteiger partial charge in [0.25, 0.3) is 0 Å². The first-order valence-corrected chi connectivity index (χ1v) is 8.61. The summed E-state index contributed by atoms with van der Waals surface area (Å²) in [5, 5.41) is 0. The van der Waals surface area contributed by atoms with Gasteiger partial charge in [-0.15, -0.1) is 0 Å². The van der Waals surface area contributed by atoms with E-state index in [1.807, 2.05) is 27.0 Å². The van der Waals surface area contributed by atoms with E-state index in [0.29, 0.717) is 0 Å². The van der Waals surface area contributed by atoms with Crippen molar-refractivity contribution in [2.45, 2.75) is 40.0 Å². The van der Waals surface area contributed by atoms with Gasteiger partial charge in [-0.05, 0) is 72.4 Å². The van der Waals surface area contributed by atoms with Crippen molar-refractivity contribution in [3.05, 3.63) is 76.7 Å². The van der Waals surface area contributed by atoms with Gasteiger partial charge < -0.3 is 0 Å². The van der Waals surface area contributed by atoms with Gasteiger partial charge in [0.1, 0.15) is 5.82 Å². The van der Waals surface area contributed by atoms with Gasteiger partial charge in [0.15, 0.2) is 0 Å². The maximum atomic E-state index is 13.5. The Morgan fingerprint density at radius 1 is 1.25 bits per heavy atom. The van der Waals surface area contributed by atoms with Crippen LogP contribution in [-0.4, -0.2) is 12.8 Å². The molecule has 0 saturated carbocycles. The molecule has 0 aromatic heterocycles. The van der Waals surface area contributed by atoms with Gasteiger partial charge in [0, 0.05) is 7.05 Å². The van der Waals surface area contributed by atoms with Crippen molar-refractivity contribution < 1.29 is 4.39 Å². The number of rotatable bonds is 5. The highest BCUT2D eigenvalue weighted by Gasteiger charge is 2.14. The zero-order chi connectivity index (χ0) is 17.5. The smallest absolute Gasteiger partial charge is 0.123 e. The van der Waals surface area contributed by atoms with Crippen LogP contribution in [0.5, 0.6) is 0 Å². The number of hydrogen-bond acceptors (Lipinski definition) is 1. The Hall–Kier alpha value is -2.22. The molecule has 0 radical (unpaired) electrons. The molecule has 0 aliphatic heterocycles. The predicted molar refractivity (Wildman–Crippen MR) is 103 cm³/mol. The average Bonchev–Trinajstić information content (AvgIpc) is 2.59. The first kappa shape index (κ1) is 18.1.